The average Bonchev–Trinajstić information content (AvgIpc) is 2.25. The van der Waals surface area contributed by atoms with Gasteiger partial charge in [0, 0.05) is 12.3 Å². The van der Waals surface area contributed by atoms with Crippen molar-refractivity contribution < 1.29 is 9.59 Å². The molecular weight excluding hydrogens is 238 g/mol. The Hall–Kier alpha value is -1.04. The number of thioether (sulfide) groups is 1. The Morgan fingerprint density at radius 3 is 3.06 bits per heavy atom. The quantitative estimate of drug-likeness (QED) is 0.695. The van der Waals surface area contributed by atoms with Crippen LogP contribution in [0.2, 0.25) is 0 Å². The highest BCUT2D eigenvalue weighted by atomic mass is 32.2. The summed E-state index contributed by atoms with van der Waals surface area (Å²) < 4.78 is 0. The number of amides is 2. The van der Waals surface area contributed by atoms with E-state index in [1.165, 1.54) is 11.8 Å². The van der Waals surface area contributed by atoms with Gasteiger partial charge in [0.2, 0.25) is 11.8 Å². The minimum atomic E-state index is -0.312. The molecule has 0 aromatic rings. The Morgan fingerprint density at radius 2 is 2.41 bits per heavy atom. The Bertz CT molecular complexity index is 318. The fourth-order valence-electron chi connectivity index (χ4n) is 1.39. The summed E-state index contributed by atoms with van der Waals surface area (Å²) in [6.07, 6.45) is 2.42. The minimum absolute atomic E-state index is 0.00359. The van der Waals surface area contributed by atoms with Gasteiger partial charge in [-0.1, -0.05) is 13.3 Å². The van der Waals surface area contributed by atoms with E-state index in [1.54, 1.807) is 0 Å². The van der Waals surface area contributed by atoms with Crippen molar-refractivity contribution in [2.75, 3.05) is 12.3 Å². The third kappa shape index (κ3) is 5.72. The standard InChI is InChI=1S/C11H19N3O2S/c1-3-4-5-12-10(16)7-17-11-13-8(2)6-9(15)14-11/h11H,3-7H2,1-2H3,(H,12,16)(H,14,15). The monoisotopic (exact) mass is 257 g/mol. The molecule has 2 N–H and O–H groups in total. The van der Waals surface area contributed by atoms with Crippen LogP contribution in [0.5, 0.6) is 0 Å². The summed E-state index contributed by atoms with van der Waals surface area (Å²) in [6.45, 7) is 4.62. The second-order valence-electron chi connectivity index (χ2n) is 3.98. The molecule has 0 aliphatic carbocycles. The Balaban J connectivity index is 2.23. The number of hydrogen-bond donors (Lipinski definition) is 2. The van der Waals surface area contributed by atoms with E-state index in [2.05, 4.69) is 22.5 Å². The molecule has 0 saturated heterocycles. The number of rotatable bonds is 6. The van der Waals surface area contributed by atoms with Gasteiger partial charge in [-0.25, -0.2) is 0 Å². The van der Waals surface area contributed by atoms with Crippen molar-refractivity contribution in [3.63, 3.8) is 0 Å². The van der Waals surface area contributed by atoms with Crippen molar-refractivity contribution in [1.82, 2.24) is 10.6 Å². The lowest BCUT2D eigenvalue weighted by Gasteiger charge is -2.19. The number of aliphatic imine (C=N–C) groups is 1. The van der Waals surface area contributed by atoms with E-state index in [1.807, 2.05) is 6.92 Å². The summed E-state index contributed by atoms with van der Waals surface area (Å²) in [4.78, 5) is 26.9. The van der Waals surface area contributed by atoms with E-state index < -0.39 is 0 Å². The van der Waals surface area contributed by atoms with Crippen molar-refractivity contribution in [3.05, 3.63) is 0 Å². The van der Waals surface area contributed by atoms with Crippen molar-refractivity contribution in [3.8, 4) is 0 Å². The van der Waals surface area contributed by atoms with Crippen LogP contribution < -0.4 is 10.6 Å². The summed E-state index contributed by atoms with van der Waals surface area (Å²) in [5.41, 5.74) is 0.505. The first-order valence-corrected chi connectivity index (χ1v) is 6.87. The first-order chi connectivity index (χ1) is 8.11. The highest BCUT2D eigenvalue weighted by Gasteiger charge is 2.18. The van der Waals surface area contributed by atoms with Gasteiger partial charge in [0.05, 0.1) is 12.2 Å². The molecule has 5 nitrogen and oxygen atoms in total. The van der Waals surface area contributed by atoms with Crippen LogP contribution in [0.1, 0.15) is 33.1 Å². The molecule has 0 bridgehead atoms. The summed E-state index contributed by atoms with van der Waals surface area (Å²) in [5, 5.41) is 5.55. The van der Waals surface area contributed by atoms with Gasteiger partial charge in [-0.05, 0) is 13.3 Å². The number of unbranched alkanes of at least 4 members (excludes halogenated alkanes) is 1. The van der Waals surface area contributed by atoms with Gasteiger partial charge >= 0.3 is 0 Å². The number of hydrogen-bond acceptors (Lipinski definition) is 4. The molecule has 0 fully saturated rings. The average molecular weight is 257 g/mol. The molecule has 2 amide bonds. The van der Waals surface area contributed by atoms with Gasteiger partial charge in [-0.3, -0.25) is 14.6 Å². The molecule has 6 heteroatoms. The van der Waals surface area contributed by atoms with Crippen LogP contribution in [-0.4, -0.2) is 35.3 Å². The van der Waals surface area contributed by atoms with Crippen LogP contribution in [0, 0.1) is 0 Å². The molecule has 0 spiro atoms. The van der Waals surface area contributed by atoms with Gasteiger partial charge in [0.1, 0.15) is 0 Å². The first kappa shape index (κ1) is 14.0. The maximum absolute atomic E-state index is 11.4. The van der Waals surface area contributed by atoms with Gasteiger partial charge in [0.25, 0.3) is 0 Å². The van der Waals surface area contributed by atoms with Crippen molar-refractivity contribution in [2.24, 2.45) is 4.99 Å². The van der Waals surface area contributed by atoms with Crippen LogP contribution >= 0.6 is 11.8 Å². The minimum Gasteiger partial charge on any atom is -0.355 e. The van der Waals surface area contributed by atoms with E-state index in [-0.39, 0.29) is 17.3 Å². The topological polar surface area (TPSA) is 70.6 Å². The highest BCUT2D eigenvalue weighted by Crippen LogP contribution is 2.13. The molecule has 1 aliphatic rings. The first-order valence-electron chi connectivity index (χ1n) is 5.82. The smallest absolute Gasteiger partial charge is 0.230 e. The van der Waals surface area contributed by atoms with E-state index in [0.29, 0.717) is 12.2 Å². The third-order valence-corrected chi connectivity index (χ3v) is 3.23. The molecular formula is C11H19N3O2S. The van der Waals surface area contributed by atoms with Gasteiger partial charge in [-0.2, -0.15) is 0 Å². The van der Waals surface area contributed by atoms with Gasteiger partial charge < -0.3 is 10.6 Å². The molecule has 0 radical (unpaired) electrons. The molecule has 96 valence electrons. The molecule has 1 atom stereocenters. The summed E-state index contributed by atoms with van der Waals surface area (Å²) in [7, 11) is 0. The second kappa shape index (κ2) is 7.32. The van der Waals surface area contributed by atoms with Crippen LogP contribution in [0.15, 0.2) is 4.99 Å². The van der Waals surface area contributed by atoms with Crippen molar-refractivity contribution >= 4 is 29.3 Å². The third-order valence-electron chi connectivity index (χ3n) is 2.26. The predicted octanol–water partition coefficient (Wildman–Crippen LogP) is 0.900. The SMILES string of the molecule is CCCCNC(=O)CSC1N=C(C)CC(=O)N1. The Labute approximate surface area is 106 Å². The molecule has 0 saturated carbocycles. The predicted molar refractivity (Wildman–Crippen MR) is 70.0 cm³/mol. The maximum atomic E-state index is 11.4. The number of carbonyl (C=O) groups excluding carboxylic acids is 2. The largest absolute Gasteiger partial charge is 0.355 e. The zero-order valence-electron chi connectivity index (χ0n) is 10.3. The maximum Gasteiger partial charge on any atom is 0.230 e. The molecule has 1 unspecified atom stereocenters. The summed E-state index contributed by atoms with van der Waals surface area (Å²) in [5.74, 6) is 0.295. The van der Waals surface area contributed by atoms with E-state index >= 15 is 0 Å². The normalized spacial score (nSPS) is 19.5. The summed E-state index contributed by atoms with van der Waals surface area (Å²) >= 11 is 1.34. The highest BCUT2D eigenvalue weighted by molar-refractivity contribution is 8.00. The zero-order valence-corrected chi connectivity index (χ0v) is 11.1. The van der Waals surface area contributed by atoms with Gasteiger partial charge in [-0.15, -0.1) is 11.8 Å². The Kier molecular flexibility index (Phi) is 6.04. The van der Waals surface area contributed by atoms with E-state index in [4.69, 9.17) is 0 Å². The van der Waals surface area contributed by atoms with E-state index in [0.717, 1.165) is 25.1 Å². The molecule has 0 aromatic carbocycles. The van der Waals surface area contributed by atoms with Crippen LogP contribution in [0.4, 0.5) is 0 Å². The molecule has 1 rings (SSSR count). The number of carbonyl (C=O) groups is 2. The number of nitrogens with zero attached hydrogens (tertiary/aromatic N) is 1. The molecule has 17 heavy (non-hydrogen) atoms. The van der Waals surface area contributed by atoms with Crippen LogP contribution in [-0.2, 0) is 9.59 Å². The lowest BCUT2D eigenvalue weighted by atomic mass is 10.2. The van der Waals surface area contributed by atoms with Crippen molar-refractivity contribution in [2.45, 2.75) is 38.6 Å². The second-order valence-corrected chi connectivity index (χ2v) is 5.04. The molecule has 1 aliphatic heterocycles. The lowest BCUT2D eigenvalue weighted by molar-refractivity contribution is -0.120. The summed E-state index contributed by atoms with van der Waals surface area (Å²) in [6, 6.07) is 0. The number of nitrogens with one attached hydrogen (secondary N) is 2. The van der Waals surface area contributed by atoms with Crippen LogP contribution in [0.25, 0.3) is 0 Å². The van der Waals surface area contributed by atoms with Gasteiger partial charge in [0.15, 0.2) is 5.50 Å². The lowest BCUT2D eigenvalue weighted by Crippen LogP contribution is -2.38. The van der Waals surface area contributed by atoms with Crippen molar-refractivity contribution in [1.29, 1.82) is 0 Å². The van der Waals surface area contributed by atoms with E-state index in [9.17, 15) is 9.59 Å². The van der Waals surface area contributed by atoms with Crippen LogP contribution in [0.3, 0.4) is 0 Å². The fraction of sp³-hybridized carbons (Fsp3) is 0.727. The Morgan fingerprint density at radius 1 is 1.65 bits per heavy atom. The zero-order chi connectivity index (χ0) is 12.7. The molecule has 0 aromatic heterocycles. The fourth-order valence-corrected chi connectivity index (χ4v) is 2.27. The molecule has 1 heterocycles.